The van der Waals surface area contributed by atoms with Crippen LogP contribution in [0.25, 0.3) is 0 Å². The molecule has 1 heterocycles. The highest BCUT2D eigenvalue weighted by Crippen LogP contribution is 2.29. The van der Waals surface area contributed by atoms with Crippen LogP contribution in [-0.2, 0) is 13.2 Å². The Labute approximate surface area is 164 Å². The van der Waals surface area contributed by atoms with Crippen molar-refractivity contribution in [2.75, 3.05) is 7.11 Å². The van der Waals surface area contributed by atoms with E-state index >= 15 is 0 Å². The maximum absolute atomic E-state index is 10.5. The summed E-state index contributed by atoms with van der Waals surface area (Å²) < 4.78 is 11.4. The van der Waals surface area contributed by atoms with Crippen LogP contribution in [0.2, 0.25) is 0 Å². The van der Waals surface area contributed by atoms with Crippen molar-refractivity contribution in [3.63, 3.8) is 0 Å². The highest BCUT2D eigenvalue weighted by Gasteiger charge is 2.19. The maximum Gasteiger partial charge on any atom is 0.161 e. The summed E-state index contributed by atoms with van der Waals surface area (Å²) in [7, 11) is 1.66. The molecule has 0 bridgehead atoms. The van der Waals surface area contributed by atoms with Gasteiger partial charge < -0.3 is 19.9 Å². The van der Waals surface area contributed by atoms with E-state index in [2.05, 4.69) is 11.4 Å². The van der Waals surface area contributed by atoms with Gasteiger partial charge in [0, 0.05) is 10.4 Å². The average molecular weight is 385 g/mol. The summed E-state index contributed by atoms with van der Waals surface area (Å²) in [4.78, 5) is 1.18. The number of quaternary nitrogens is 1. The molecule has 5 heteroatoms. The summed E-state index contributed by atoms with van der Waals surface area (Å²) in [5.74, 6) is 1.47. The molecule has 0 unspecified atom stereocenters. The predicted octanol–water partition coefficient (Wildman–Crippen LogP) is 3.52. The van der Waals surface area contributed by atoms with Crippen molar-refractivity contribution in [2.45, 2.75) is 32.2 Å². The van der Waals surface area contributed by atoms with Crippen LogP contribution >= 0.6 is 11.3 Å². The van der Waals surface area contributed by atoms with Gasteiger partial charge in [0.1, 0.15) is 25.3 Å². The third-order valence-corrected chi connectivity index (χ3v) is 5.39. The van der Waals surface area contributed by atoms with Crippen LogP contribution in [0.5, 0.6) is 11.5 Å². The van der Waals surface area contributed by atoms with E-state index in [0.717, 1.165) is 29.2 Å². The molecule has 0 saturated heterocycles. The molecule has 1 aromatic heterocycles. The first-order valence-corrected chi connectivity index (χ1v) is 9.93. The molecule has 4 nitrogen and oxygen atoms in total. The number of benzene rings is 2. The van der Waals surface area contributed by atoms with Crippen LogP contribution < -0.4 is 14.8 Å². The zero-order valence-corrected chi connectivity index (χ0v) is 16.5. The van der Waals surface area contributed by atoms with E-state index in [0.29, 0.717) is 6.61 Å². The number of hydrogen-bond donors (Lipinski definition) is 2. The summed E-state index contributed by atoms with van der Waals surface area (Å²) in [6, 6.07) is 19.9. The fourth-order valence-corrected chi connectivity index (χ4v) is 3.52. The van der Waals surface area contributed by atoms with E-state index in [1.807, 2.05) is 66.9 Å². The number of thiophene rings is 1. The predicted molar refractivity (Wildman–Crippen MR) is 108 cm³/mol. The second-order valence-electron chi connectivity index (χ2n) is 6.51. The Morgan fingerprint density at radius 3 is 2.56 bits per heavy atom. The highest BCUT2D eigenvalue weighted by atomic mass is 32.1. The molecule has 0 aliphatic carbocycles. The summed E-state index contributed by atoms with van der Waals surface area (Å²) >= 11 is 1.68. The van der Waals surface area contributed by atoms with Crippen molar-refractivity contribution in [1.29, 1.82) is 0 Å². The minimum Gasteiger partial charge on any atom is -0.493 e. The van der Waals surface area contributed by atoms with Crippen LogP contribution in [0.4, 0.5) is 0 Å². The van der Waals surface area contributed by atoms with Gasteiger partial charge in [0.25, 0.3) is 0 Å². The van der Waals surface area contributed by atoms with Crippen LogP contribution in [0, 0.1) is 0 Å². The van der Waals surface area contributed by atoms with Crippen molar-refractivity contribution >= 4 is 11.3 Å². The number of aliphatic hydroxyl groups excluding tert-OH is 1. The molecule has 0 amide bonds. The van der Waals surface area contributed by atoms with Crippen molar-refractivity contribution in [2.24, 2.45) is 0 Å². The van der Waals surface area contributed by atoms with Crippen LogP contribution in [0.3, 0.4) is 0 Å². The van der Waals surface area contributed by atoms with Gasteiger partial charge in [-0.15, -0.1) is 11.3 Å². The van der Waals surface area contributed by atoms with Crippen molar-refractivity contribution < 1.29 is 19.9 Å². The maximum atomic E-state index is 10.5. The first-order chi connectivity index (χ1) is 13.2. The van der Waals surface area contributed by atoms with Gasteiger partial charge in [-0.3, -0.25) is 0 Å². The molecule has 3 rings (SSSR count). The number of hydrogen-bond acceptors (Lipinski definition) is 4. The van der Waals surface area contributed by atoms with Gasteiger partial charge in [-0.05, 0) is 42.1 Å². The van der Waals surface area contributed by atoms with Gasteiger partial charge in [-0.2, -0.15) is 0 Å². The summed E-state index contributed by atoms with van der Waals surface area (Å²) in [6.07, 6.45) is -0.499. The Balaban J connectivity index is 1.58. The number of rotatable bonds is 9. The molecule has 0 spiro atoms. The quantitative estimate of drug-likeness (QED) is 0.593. The third kappa shape index (κ3) is 5.32. The molecular weight excluding hydrogens is 358 g/mol. The molecule has 27 heavy (non-hydrogen) atoms. The van der Waals surface area contributed by atoms with E-state index in [-0.39, 0.29) is 6.04 Å². The van der Waals surface area contributed by atoms with Gasteiger partial charge in [0.2, 0.25) is 0 Å². The minimum atomic E-state index is -0.499. The Kier molecular flexibility index (Phi) is 6.87. The van der Waals surface area contributed by atoms with Crippen LogP contribution in [-0.4, -0.2) is 18.3 Å². The molecule has 0 saturated carbocycles. The first-order valence-electron chi connectivity index (χ1n) is 9.06. The summed E-state index contributed by atoms with van der Waals surface area (Å²) in [6.45, 7) is 3.33. The van der Waals surface area contributed by atoms with Gasteiger partial charge in [-0.25, -0.2) is 0 Å². The standard InChI is InChI=1S/C22H25NO3S/c1-16(22(24)18-7-4-3-5-8-18)23-14-17-10-11-20(21(13-17)25-2)26-15-19-9-6-12-27-19/h3-13,16,22-24H,14-15H2,1-2H3/p+1/t16-,22-/m1/s1. The van der Waals surface area contributed by atoms with E-state index in [4.69, 9.17) is 9.47 Å². The summed E-state index contributed by atoms with van der Waals surface area (Å²) in [5, 5.41) is 14.7. The summed E-state index contributed by atoms with van der Waals surface area (Å²) in [5.41, 5.74) is 2.07. The van der Waals surface area contributed by atoms with Crippen molar-refractivity contribution in [3.05, 3.63) is 82.0 Å². The third-order valence-electron chi connectivity index (χ3n) is 4.54. The van der Waals surface area contributed by atoms with E-state index in [1.54, 1.807) is 18.4 Å². The van der Waals surface area contributed by atoms with E-state index in [9.17, 15) is 5.11 Å². The molecule has 3 N–H and O–H groups in total. The number of ether oxygens (including phenoxy) is 2. The largest absolute Gasteiger partial charge is 0.493 e. The average Bonchev–Trinajstić information content (AvgIpc) is 3.24. The lowest BCUT2D eigenvalue weighted by Gasteiger charge is -2.18. The Bertz CT molecular complexity index is 821. The Morgan fingerprint density at radius 1 is 1.04 bits per heavy atom. The molecule has 0 fully saturated rings. The minimum absolute atomic E-state index is 0.0492. The van der Waals surface area contributed by atoms with Gasteiger partial charge in [0.15, 0.2) is 11.5 Å². The number of nitrogens with two attached hydrogens (primary N) is 1. The zero-order valence-electron chi connectivity index (χ0n) is 15.7. The monoisotopic (exact) mass is 384 g/mol. The fraction of sp³-hybridized carbons (Fsp3) is 0.273. The second kappa shape index (κ2) is 9.55. The van der Waals surface area contributed by atoms with Crippen LogP contribution in [0.15, 0.2) is 66.0 Å². The molecule has 0 aliphatic rings. The molecule has 2 atom stereocenters. The van der Waals surface area contributed by atoms with Crippen molar-refractivity contribution in [1.82, 2.24) is 0 Å². The van der Waals surface area contributed by atoms with E-state index < -0.39 is 6.10 Å². The molecule has 2 aromatic carbocycles. The Morgan fingerprint density at radius 2 is 1.85 bits per heavy atom. The molecule has 142 valence electrons. The fourth-order valence-electron chi connectivity index (χ4n) is 2.91. The van der Waals surface area contributed by atoms with Gasteiger partial charge in [0.05, 0.1) is 7.11 Å². The number of aliphatic hydroxyl groups is 1. The first kappa shape index (κ1) is 19.4. The van der Waals surface area contributed by atoms with Crippen molar-refractivity contribution in [3.8, 4) is 11.5 Å². The lowest BCUT2D eigenvalue weighted by Crippen LogP contribution is -2.88. The van der Waals surface area contributed by atoms with Crippen LogP contribution in [0.1, 0.15) is 29.0 Å². The zero-order chi connectivity index (χ0) is 19.1. The molecule has 0 radical (unpaired) electrons. The normalized spacial score (nSPS) is 13.1. The molecule has 3 aromatic rings. The SMILES string of the molecule is COc1cc(C[NH2+][C@H](C)[C@@H](O)c2ccccc2)ccc1OCc1cccs1. The number of methoxy groups -OCH3 is 1. The van der Waals surface area contributed by atoms with E-state index in [1.165, 1.54) is 4.88 Å². The van der Waals surface area contributed by atoms with Gasteiger partial charge >= 0.3 is 0 Å². The molecular formula is C22H26NO3S+. The topological polar surface area (TPSA) is 55.3 Å². The van der Waals surface area contributed by atoms with Gasteiger partial charge in [-0.1, -0.05) is 36.4 Å². The highest BCUT2D eigenvalue weighted by molar-refractivity contribution is 7.09. The molecule has 0 aliphatic heterocycles. The lowest BCUT2D eigenvalue weighted by molar-refractivity contribution is -0.709. The smallest absolute Gasteiger partial charge is 0.161 e. The second-order valence-corrected chi connectivity index (χ2v) is 7.54. The lowest BCUT2D eigenvalue weighted by atomic mass is 10.0. The Hall–Kier alpha value is -2.34.